The molecule has 1 amide bonds. The van der Waals surface area contributed by atoms with E-state index in [0.29, 0.717) is 21.4 Å². The average Bonchev–Trinajstić information content (AvgIpc) is 2.44. The fraction of sp³-hybridized carbons (Fsp3) is 0.154. The molecule has 1 aromatic carbocycles. The largest absolute Gasteiger partial charge is 0.319 e. The van der Waals surface area contributed by atoms with Crippen molar-refractivity contribution in [2.24, 2.45) is 0 Å². The van der Waals surface area contributed by atoms with Crippen LogP contribution in [-0.4, -0.2) is 15.9 Å². The number of rotatable bonds is 3. The Labute approximate surface area is 120 Å². The Morgan fingerprint density at radius 3 is 2.84 bits per heavy atom. The van der Waals surface area contributed by atoms with Gasteiger partial charge in [-0.2, -0.15) is 0 Å². The SMILES string of the molecule is CCc1cc(C(=O)Nc2cccc(Cl)c2Cl)ncn1. The lowest BCUT2D eigenvalue weighted by Gasteiger charge is -2.08. The van der Waals surface area contributed by atoms with Crippen molar-refractivity contribution in [2.75, 3.05) is 5.32 Å². The Kier molecular flexibility index (Phi) is 4.35. The number of amides is 1. The maximum atomic E-state index is 12.0. The van der Waals surface area contributed by atoms with Crippen LogP contribution in [-0.2, 0) is 6.42 Å². The van der Waals surface area contributed by atoms with E-state index >= 15 is 0 Å². The molecule has 6 heteroatoms. The van der Waals surface area contributed by atoms with Crippen LogP contribution in [0.1, 0.15) is 23.1 Å². The number of nitrogens with zero attached hydrogens (tertiary/aromatic N) is 2. The van der Waals surface area contributed by atoms with Crippen LogP contribution >= 0.6 is 23.2 Å². The number of hydrogen-bond acceptors (Lipinski definition) is 3. The molecule has 19 heavy (non-hydrogen) atoms. The van der Waals surface area contributed by atoms with Gasteiger partial charge in [0.05, 0.1) is 15.7 Å². The highest BCUT2D eigenvalue weighted by atomic mass is 35.5. The molecule has 1 aromatic heterocycles. The second-order valence-electron chi connectivity index (χ2n) is 3.80. The molecule has 2 aromatic rings. The maximum absolute atomic E-state index is 12.0. The summed E-state index contributed by atoms with van der Waals surface area (Å²) in [6.45, 7) is 1.96. The van der Waals surface area contributed by atoms with E-state index in [4.69, 9.17) is 23.2 Å². The lowest BCUT2D eigenvalue weighted by atomic mass is 10.2. The Morgan fingerprint density at radius 1 is 1.32 bits per heavy atom. The minimum Gasteiger partial charge on any atom is -0.319 e. The molecule has 0 unspecified atom stereocenters. The average molecular weight is 296 g/mol. The monoisotopic (exact) mass is 295 g/mol. The molecule has 2 rings (SSSR count). The smallest absolute Gasteiger partial charge is 0.274 e. The van der Waals surface area contributed by atoms with Gasteiger partial charge in [0, 0.05) is 5.69 Å². The summed E-state index contributed by atoms with van der Waals surface area (Å²) in [6.07, 6.45) is 2.11. The van der Waals surface area contributed by atoms with Crippen LogP contribution in [0.25, 0.3) is 0 Å². The zero-order valence-corrected chi connectivity index (χ0v) is 11.7. The molecule has 98 valence electrons. The first-order chi connectivity index (χ1) is 9.11. The standard InChI is InChI=1S/C13H11Cl2N3O/c1-2-8-6-11(17-7-16-8)13(19)18-10-5-3-4-9(14)12(10)15/h3-7H,2H2,1H3,(H,18,19). The molecule has 0 saturated heterocycles. The molecule has 0 aliphatic heterocycles. The van der Waals surface area contributed by atoms with Crippen molar-refractivity contribution in [3.8, 4) is 0 Å². The number of aryl methyl sites for hydroxylation is 1. The number of carbonyl (C=O) groups excluding carboxylic acids is 1. The summed E-state index contributed by atoms with van der Waals surface area (Å²) in [5.74, 6) is -0.346. The molecule has 0 atom stereocenters. The van der Waals surface area contributed by atoms with Crippen LogP contribution in [0.15, 0.2) is 30.6 Å². The third kappa shape index (κ3) is 3.22. The fourth-order valence-electron chi connectivity index (χ4n) is 1.50. The minimum absolute atomic E-state index is 0.294. The van der Waals surface area contributed by atoms with Gasteiger partial charge >= 0.3 is 0 Å². The molecule has 0 bridgehead atoms. The van der Waals surface area contributed by atoms with Crippen LogP contribution in [0.2, 0.25) is 10.0 Å². The second-order valence-corrected chi connectivity index (χ2v) is 4.59. The van der Waals surface area contributed by atoms with Crippen LogP contribution in [0.3, 0.4) is 0 Å². The first kappa shape index (κ1) is 13.8. The predicted octanol–water partition coefficient (Wildman–Crippen LogP) is 3.60. The van der Waals surface area contributed by atoms with E-state index in [2.05, 4.69) is 15.3 Å². The van der Waals surface area contributed by atoms with Crippen molar-refractivity contribution in [1.29, 1.82) is 0 Å². The van der Waals surface area contributed by atoms with E-state index < -0.39 is 0 Å². The number of benzene rings is 1. The quantitative estimate of drug-likeness (QED) is 0.941. The van der Waals surface area contributed by atoms with Gasteiger partial charge in [0.1, 0.15) is 12.0 Å². The molecule has 1 N–H and O–H groups in total. The van der Waals surface area contributed by atoms with Gasteiger partial charge in [0.2, 0.25) is 0 Å². The van der Waals surface area contributed by atoms with Gasteiger partial charge in [-0.1, -0.05) is 36.2 Å². The Morgan fingerprint density at radius 2 is 2.11 bits per heavy atom. The molecular formula is C13H11Cl2N3O. The van der Waals surface area contributed by atoms with Crippen molar-refractivity contribution >= 4 is 34.8 Å². The number of nitrogens with one attached hydrogen (secondary N) is 1. The van der Waals surface area contributed by atoms with Gasteiger partial charge in [-0.05, 0) is 24.6 Å². The van der Waals surface area contributed by atoms with Gasteiger partial charge in [0.25, 0.3) is 5.91 Å². The normalized spacial score (nSPS) is 10.3. The number of hydrogen-bond donors (Lipinski definition) is 1. The van der Waals surface area contributed by atoms with Crippen molar-refractivity contribution in [1.82, 2.24) is 9.97 Å². The Bertz CT molecular complexity index is 617. The zero-order chi connectivity index (χ0) is 13.8. The lowest BCUT2D eigenvalue weighted by Crippen LogP contribution is -2.14. The van der Waals surface area contributed by atoms with Crippen LogP contribution in [0.5, 0.6) is 0 Å². The first-order valence-electron chi connectivity index (χ1n) is 5.68. The van der Waals surface area contributed by atoms with Crippen molar-refractivity contribution in [3.05, 3.63) is 52.0 Å². The fourth-order valence-corrected chi connectivity index (χ4v) is 1.85. The summed E-state index contributed by atoms with van der Waals surface area (Å²) in [5.41, 5.74) is 1.55. The van der Waals surface area contributed by atoms with E-state index in [-0.39, 0.29) is 5.91 Å². The third-order valence-electron chi connectivity index (χ3n) is 2.52. The second kappa shape index (κ2) is 5.99. The van der Waals surface area contributed by atoms with Gasteiger partial charge in [0.15, 0.2) is 0 Å². The summed E-state index contributed by atoms with van der Waals surface area (Å²) >= 11 is 11.9. The van der Waals surface area contributed by atoms with E-state index in [9.17, 15) is 4.79 Å². The van der Waals surface area contributed by atoms with Crippen molar-refractivity contribution in [3.63, 3.8) is 0 Å². The van der Waals surface area contributed by atoms with Crippen molar-refractivity contribution < 1.29 is 4.79 Å². The highest BCUT2D eigenvalue weighted by Gasteiger charge is 2.11. The topological polar surface area (TPSA) is 54.9 Å². The molecular weight excluding hydrogens is 285 g/mol. The van der Waals surface area contributed by atoms with Crippen molar-refractivity contribution in [2.45, 2.75) is 13.3 Å². The third-order valence-corrected chi connectivity index (χ3v) is 3.34. The summed E-state index contributed by atoms with van der Waals surface area (Å²) in [6, 6.07) is 6.68. The molecule has 0 radical (unpaired) electrons. The van der Waals surface area contributed by atoms with Gasteiger partial charge in [-0.3, -0.25) is 4.79 Å². The van der Waals surface area contributed by atoms with E-state index in [1.54, 1.807) is 24.3 Å². The minimum atomic E-state index is -0.346. The number of carbonyl (C=O) groups is 1. The van der Waals surface area contributed by atoms with Gasteiger partial charge in [-0.15, -0.1) is 0 Å². The van der Waals surface area contributed by atoms with Crippen LogP contribution in [0.4, 0.5) is 5.69 Å². The zero-order valence-electron chi connectivity index (χ0n) is 10.2. The molecule has 1 heterocycles. The number of aromatic nitrogens is 2. The van der Waals surface area contributed by atoms with Crippen LogP contribution < -0.4 is 5.32 Å². The molecule has 0 spiro atoms. The Balaban J connectivity index is 2.23. The van der Waals surface area contributed by atoms with E-state index in [0.717, 1.165) is 12.1 Å². The molecule has 0 fully saturated rings. The number of halogens is 2. The van der Waals surface area contributed by atoms with Gasteiger partial charge < -0.3 is 5.32 Å². The Hall–Kier alpha value is -1.65. The molecule has 0 saturated carbocycles. The molecule has 0 aliphatic carbocycles. The van der Waals surface area contributed by atoms with Gasteiger partial charge in [-0.25, -0.2) is 9.97 Å². The predicted molar refractivity (Wildman–Crippen MR) is 75.8 cm³/mol. The summed E-state index contributed by atoms with van der Waals surface area (Å²) in [4.78, 5) is 20.0. The van der Waals surface area contributed by atoms with E-state index in [1.165, 1.54) is 6.33 Å². The summed E-state index contributed by atoms with van der Waals surface area (Å²) in [7, 11) is 0. The maximum Gasteiger partial charge on any atom is 0.274 e. The molecule has 0 aliphatic rings. The number of anilines is 1. The highest BCUT2D eigenvalue weighted by Crippen LogP contribution is 2.29. The molecule has 4 nitrogen and oxygen atoms in total. The lowest BCUT2D eigenvalue weighted by molar-refractivity contribution is 0.102. The summed E-state index contributed by atoms with van der Waals surface area (Å²) < 4.78 is 0. The first-order valence-corrected chi connectivity index (χ1v) is 6.43. The van der Waals surface area contributed by atoms with E-state index in [1.807, 2.05) is 6.92 Å². The summed E-state index contributed by atoms with van der Waals surface area (Å²) in [5, 5.41) is 3.37. The van der Waals surface area contributed by atoms with Crippen LogP contribution in [0, 0.1) is 0 Å². The highest BCUT2D eigenvalue weighted by molar-refractivity contribution is 6.44.